The summed E-state index contributed by atoms with van der Waals surface area (Å²) in [4.78, 5) is 12.4. The van der Waals surface area contributed by atoms with E-state index in [0.29, 0.717) is 36.6 Å². The number of aliphatic hydroxyl groups is 1. The molecule has 0 atom stereocenters. The number of amides is 1. The number of nitrogens with one attached hydrogen (secondary N) is 2. The number of carbonyl (C=O) groups is 1. The number of rotatable bonds is 6. The van der Waals surface area contributed by atoms with Crippen molar-refractivity contribution >= 4 is 11.6 Å². The van der Waals surface area contributed by atoms with Gasteiger partial charge in [-0.1, -0.05) is 5.21 Å². The molecule has 140 valence electrons. The summed E-state index contributed by atoms with van der Waals surface area (Å²) in [5.74, 6) is 0.701. The van der Waals surface area contributed by atoms with Gasteiger partial charge in [-0.2, -0.15) is 0 Å². The molecule has 2 heterocycles. The Hall–Kier alpha value is -2.65. The van der Waals surface area contributed by atoms with Gasteiger partial charge in [-0.05, 0) is 38.1 Å². The summed E-state index contributed by atoms with van der Waals surface area (Å²) in [6.45, 7) is 1.83. The fraction of sp³-hybridized carbons (Fsp3) is 0.471. The molecule has 3 rings (SSSR count). The van der Waals surface area contributed by atoms with Gasteiger partial charge < -0.3 is 25.2 Å². The molecule has 0 aliphatic carbocycles. The van der Waals surface area contributed by atoms with E-state index in [-0.39, 0.29) is 5.69 Å². The number of anilines is 1. The number of hydrogen-bond donors (Lipinski definition) is 3. The molecule has 0 saturated carbocycles. The number of methoxy groups -OCH3 is 2. The first-order chi connectivity index (χ1) is 12.5. The third kappa shape index (κ3) is 4.12. The Bertz CT molecular complexity index is 770. The summed E-state index contributed by atoms with van der Waals surface area (Å²) in [6.07, 6.45) is 2.81. The predicted octanol–water partition coefficient (Wildman–Crippen LogP) is 0.662. The van der Waals surface area contributed by atoms with Crippen molar-refractivity contribution in [2.24, 2.45) is 0 Å². The Labute approximate surface area is 151 Å². The highest BCUT2D eigenvalue weighted by Gasteiger charge is 2.30. The van der Waals surface area contributed by atoms with Crippen LogP contribution in [0, 0.1) is 0 Å². The minimum absolute atomic E-state index is 0.167. The van der Waals surface area contributed by atoms with E-state index in [0.717, 1.165) is 13.1 Å². The largest absolute Gasteiger partial charge is 0.497 e. The normalized spacial score (nSPS) is 16.1. The lowest BCUT2D eigenvalue weighted by molar-refractivity contribution is -0.00865. The number of nitrogens with zero attached hydrogens (tertiary/aromatic N) is 3. The number of hydrogen-bond acceptors (Lipinski definition) is 7. The first kappa shape index (κ1) is 18.2. The number of aromatic nitrogens is 3. The molecule has 3 N–H and O–H groups in total. The third-order valence-corrected chi connectivity index (χ3v) is 4.42. The lowest BCUT2D eigenvalue weighted by Crippen LogP contribution is -2.44. The van der Waals surface area contributed by atoms with Gasteiger partial charge in [0, 0.05) is 6.07 Å². The van der Waals surface area contributed by atoms with E-state index in [1.165, 1.54) is 18.0 Å². The first-order valence-electron chi connectivity index (χ1n) is 8.39. The molecule has 0 bridgehead atoms. The van der Waals surface area contributed by atoms with Gasteiger partial charge in [-0.3, -0.25) is 4.79 Å². The van der Waals surface area contributed by atoms with Crippen molar-refractivity contribution in [3.63, 3.8) is 0 Å². The van der Waals surface area contributed by atoms with Crippen LogP contribution in [0.4, 0.5) is 5.69 Å². The van der Waals surface area contributed by atoms with Crippen LogP contribution < -0.4 is 20.1 Å². The summed E-state index contributed by atoms with van der Waals surface area (Å²) in [5.41, 5.74) is -0.156. The van der Waals surface area contributed by atoms with Crippen molar-refractivity contribution in [3.8, 4) is 11.5 Å². The lowest BCUT2D eigenvalue weighted by atomic mass is 9.92. The van der Waals surface area contributed by atoms with Gasteiger partial charge in [-0.15, -0.1) is 5.10 Å². The van der Waals surface area contributed by atoms with Gasteiger partial charge in [0.15, 0.2) is 5.69 Å². The highest BCUT2D eigenvalue weighted by atomic mass is 16.5. The molecule has 0 radical (unpaired) electrons. The Balaban J connectivity index is 1.68. The maximum Gasteiger partial charge on any atom is 0.277 e. The fourth-order valence-corrected chi connectivity index (χ4v) is 2.92. The molecular formula is C17H23N5O4. The highest BCUT2D eigenvalue weighted by molar-refractivity contribution is 6.03. The van der Waals surface area contributed by atoms with Crippen LogP contribution in [-0.4, -0.2) is 58.9 Å². The lowest BCUT2D eigenvalue weighted by Gasteiger charge is -2.32. The summed E-state index contributed by atoms with van der Waals surface area (Å²) in [5, 5.41) is 24.4. The zero-order valence-electron chi connectivity index (χ0n) is 14.9. The third-order valence-electron chi connectivity index (χ3n) is 4.42. The Morgan fingerprint density at radius 1 is 1.35 bits per heavy atom. The van der Waals surface area contributed by atoms with Crippen molar-refractivity contribution in [1.29, 1.82) is 0 Å². The summed E-state index contributed by atoms with van der Waals surface area (Å²) in [7, 11) is 3.07. The van der Waals surface area contributed by atoms with Crippen LogP contribution in [-0.2, 0) is 6.54 Å². The van der Waals surface area contributed by atoms with Gasteiger partial charge in [0.2, 0.25) is 0 Å². The second kappa shape index (κ2) is 7.71. The van der Waals surface area contributed by atoms with Crippen molar-refractivity contribution in [1.82, 2.24) is 20.3 Å². The summed E-state index contributed by atoms with van der Waals surface area (Å²) >= 11 is 0. The highest BCUT2D eigenvalue weighted by Crippen LogP contribution is 2.29. The van der Waals surface area contributed by atoms with Crippen LogP contribution in [0.1, 0.15) is 23.3 Å². The first-order valence-corrected chi connectivity index (χ1v) is 8.39. The smallest absolute Gasteiger partial charge is 0.277 e. The van der Waals surface area contributed by atoms with Crippen LogP contribution in [0.2, 0.25) is 0 Å². The van der Waals surface area contributed by atoms with Crippen molar-refractivity contribution in [2.45, 2.75) is 25.0 Å². The molecule has 9 heteroatoms. The van der Waals surface area contributed by atoms with Crippen molar-refractivity contribution in [3.05, 3.63) is 30.1 Å². The van der Waals surface area contributed by atoms with Crippen molar-refractivity contribution < 1.29 is 19.4 Å². The van der Waals surface area contributed by atoms with E-state index in [4.69, 9.17) is 9.47 Å². The van der Waals surface area contributed by atoms with Gasteiger partial charge in [-0.25, -0.2) is 4.68 Å². The Kier molecular flexibility index (Phi) is 5.38. The molecule has 1 aliphatic rings. The van der Waals surface area contributed by atoms with E-state index in [1.807, 2.05) is 0 Å². The molecule has 0 unspecified atom stereocenters. The molecule has 26 heavy (non-hydrogen) atoms. The minimum atomic E-state index is -0.827. The second-order valence-electron chi connectivity index (χ2n) is 6.30. The van der Waals surface area contributed by atoms with Crippen LogP contribution in [0.3, 0.4) is 0 Å². The molecule has 2 aromatic rings. The minimum Gasteiger partial charge on any atom is -0.497 e. The van der Waals surface area contributed by atoms with Gasteiger partial charge >= 0.3 is 0 Å². The van der Waals surface area contributed by atoms with Gasteiger partial charge in [0.05, 0.1) is 38.2 Å². The van der Waals surface area contributed by atoms with E-state index in [1.54, 1.807) is 25.3 Å². The zero-order chi connectivity index (χ0) is 18.6. The zero-order valence-corrected chi connectivity index (χ0v) is 14.9. The van der Waals surface area contributed by atoms with Crippen LogP contribution >= 0.6 is 0 Å². The van der Waals surface area contributed by atoms with Gasteiger partial charge in [0.1, 0.15) is 11.5 Å². The van der Waals surface area contributed by atoms with Gasteiger partial charge in [0.25, 0.3) is 5.91 Å². The molecule has 1 saturated heterocycles. The van der Waals surface area contributed by atoms with Crippen LogP contribution in [0.15, 0.2) is 24.4 Å². The summed E-state index contributed by atoms with van der Waals surface area (Å²) < 4.78 is 11.9. The van der Waals surface area contributed by atoms with E-state index in [9.17, 15) is 9.90 Å². The fourth-order valence-electron chi connectivity index (χ4n) is 2.92. The second-order valence-corrected chi connectivity index (χ2v) is 6.30. The topological polar surface area (TPSA) is 111 Å². The Morgan fingerprint density at radius 2 is 2.12 bits per heavy atom. The van der Waals surface area contributed by atoms with E-state index in [2.05, 4.69) is 20.9 Å². The molecule has 1 fully saturated rings. The number of piperidine rings is 1. The van der Waals surface area contributed by atoms with E-state index >= 15 is 0 Å². The van der Waals surface area contributed by atoms with Crippen LogP contribution in [0.25, 0.3) is 0 Å². The standard InChI is InChI=1S/C17H23N5O4/c1-25-12-3-4-13(15(9-12)26-2)19-16(23)14-10-22(21-20-14)11-17(24)5-7-18-8-6-17/h3-4,9-10,18,24H,5-8,11H2,1-2H3,(H,19,23). The van der Waals surface area contributed by atoms with E-state index < -0.39 is 11.5 Å². The molecule has 1 amide bonds. The quantitative estimate of drug-likeness (QED) is 0.693. The number of carbonyl (C=O) groups excluding carboxylic acids is 1. The Morgan fingerprint density at radius 3 is 2.81 bits per heavy atom. The maximum absolute atomic E-state index is 12.4. The average molecular weight is 361 g/mol. The number of ether oxygens (including phenoxy) is 2. The molecule has 1 aromatic carbocycles. The molecular weight excluding hydrogens is 338 g/mol. The molecule has 1 aromatic heterocycles. The van der Waals surface area contributed by atoms with Crippen LogP contribution in [0.5, 0.6) is 11.5 Å². The molecule has 0 spiro atoms. The molecule has 9 nitrogen and oxygen atoms in total. The maximum atomic E-state index is 12.4. The number of benzene rings is 1. The van der Waals surface area contributed by atoms with Crippen molar-refractivity contribution in [2.75, 3.05) is 32.6 Å². The molecule has 1 aliphatic heterocycles. The monoisotopic (exact) mass is 361 g/mol. The average Bonchev–Trinajstić information content (AvgIpc) is 3.10. The summed E-state index contributed by atoms with van der Waals surface area (Å²) in [6, 6.07) is 5.10. The predicted molar refractivity (Wildman–Crippen MR) is 94.6 cm³/mol. The SMILES string of the molecule is COc1ccc(NC(=O)c2cn(CC3(O)CCNCC3)nn2)c(OC)c1.